The second-order valence-corrected chi connectivity index (χ2v) is 9.30. The number of hydrogen-bond donors (Lipinski definition) is 0. The highest BCUT2D eigenvalue weighted by atomic mass is 16.5. The fourth-order valence-corrected chi connectivity index (χ4v) is 6.66. The normalized spacial score (nSPS) is 43.6. The van der Waals surface area contributed by atoms with Crippen LogP contribution in [0.15, 0.2) is 0 Å². The van der Waals surface area contributed by atoms with Gasteiger partial charge < -0.3 is 4.74 Å². The molecule has 23 heavy (non-hydrogen) atoms. The van der Waals surface area contributed by atoms with Crippen LogP contribution in [0.3, 0.4) is 0 Å². The molecule has 1 heteroatoms. The molecule has 0 spiro atoms. The zero-order valence-electron chi connectivity index (χ0n) is 15.2. The van der Waals surface area contributed by atoms with E-state index in [-0.39, 0.29) is 0 Å². The van der Waals surface area contributed by atoms with Crippen molar-refractivity contribution in [2.75, 3.05) is 6.61 Å². The Balaban J connectivity index is 1.20. The van der Waals surface area contributed by atoms with E-state index in [0.717, 1.165) is 36.2 Å². The van der Waals surface area contributed by atoms with E-state index in [1.807, 2.05) is 0 Å². The average Bonchev–Trinajstić information content (AvgIpc) is 3.18. The summed E-state index contributed by atoms with van der Waals surface area (Å²) in [4.78, 5) is 0. The second kappa shape index (κ2) is 7.89. The van der Waals surface area contributed by atoms with Crippen LogP contribution >= 0.6 is 0 Å². The molecule has 1 unspecified atom stereocenters. The summed E-state index contributed by atoms with van der Waals surface area (Å²) >= 11 is 0. The summed E-state index contributed by atoms with van der Waals surface area (Å²) in [5.41, 5.74) is 0. The highest BCUT2D eigenvalue weighted by molar-refractivity contribution is 4.87. The van der Waals surface area contributed by atoms with Crippen molar-refractivity contribution < 1.29 is 4.74 Å². The van der Waals surface area contributed by atoms with Crippen LogP contribution in [0, 0.1) is 29.6 Å². The van der Waals surface area contributed by atoms with Crippen molar-refractivity contribution in [3.63, 3.8) is 0 Å². The zero-order chi connectivity index (χ0) is 15.5. The Morgan fingerprint density at radius 2 is 0.870 bits per heavy atom. The van der Waals surface area contributed by atoms with E-state index in [9.17, 15) is 0 Å². The standard InChI is InChI=1S/C22H38O/c1-2-5-17(6-3-1)18-8-10-19(11-9-18)20-12-14-21(15-13-20)22-7-4-16-23-22/h17-22H,1-16H2. The lowest BCUT2D eigenvalue weighted by molar-refractivity contribution is 0.0292. The zero-order valence-corrected chi connectivity index (χ0v) is 15.2. The summed E-state index contributed by atoms with van der Waals surface area (Å²) in [6, 6.07) is 0. The van der Waals surface area contributed by atoms with Gasteiger partial charge in [-0.1, -0.05) is 32.1 Å². The molecule has 1 saturated heterocycles. The first-order valence-electron chi connectivity index (χ1n) is 11.0. The second-order valence-electron chi connectivity index (χ2n) is 9.30. The SMILES string of the molecule is C1CCC(C2CCC(C3CCC(C4CCCO4)CC3)CC2)CC1. The molecule has 0 aromatic rings. The Morgan fingerprint density at radius 3 is 1.35 bits per heavy atom. The Hall–Kier alpha value is -0.0400. The largest absolute Gasteiger partial charge is 0.378 e. The van der Waals surface area contributed by atoms with Gasteiger partial charge in [0.15, 0.2) is 0 Å². The highest BCUT2D eigenvalue weighted by Gasteiger charge is 2.35. The van der Waals surface area contributed by atoms with Crippen LogP contribution in [0.1, 0.15) is 96.3 Å². The number of hydrogen-bond acceptors (Lipinski definition) is 1. The minimum atomic E-state index is 0.637. The molecule has 3 aliphatic carbocycles. The van der Waals surface area contributed by atoms with Gasteiger partial charge in [-0.2, -0.15) is 0 Å². The van der Waals surface area contributed by atoms with E-state index in [1.54, 1.807) is 38.5 Å². The van der Waals surface area contributed by atoms with Crippen LogP contribution in [0.5, 0.6) is 0 Å². The highest BCUT2D eigenvalue weighted by Crippen LogP contribution is 2.46. The molecule has 1 nitrogen and oxygen atoms in total. The lowest BCUT2D eigenvalue weighted by Gasteiger charge is -2.41. The van der Waals surface area contributed by atoms with Gasteiger partial charge in [0.05, 0.1) is 6.10 Å². The Kier molecular flexibility index (Phi) is 5.64. The van der Waals surface area contributed by atoms with Gasteiger partial charge in [-0.15, -0.1) is 0 Å². The van der Waals surface area contributed by atoms with E-state index in [2.05, 4.69) is 0 Å². The third-order valence-corrected chi connectivity index (χ3v) is 8.11. The predicted octanol–water partition coefficient (Wildman–Crippen LogP) is 6.36. The van der Waals surface area contributed by atoms with Crippen molar-refractivity contribution >= 4 is 0 Å². The summed E-state index contributed by atoms with van der Waals surface area (Å²) in [7, 11) is 0. The van der Waals surface area contributed by atoms with Crippen LogP contribution in [0.4, 0.5) is 0 Å². The van der Waals surface area contributed by atoms with E-state index in [0.29, 0.717) is 6.10 Å². The Labute approximate surface area is 143 Å². The number of rotatable bonds is 3. The molecule has 0 amide bonds. The molecule has 0 bridgehead atoms. The van der Waals surface area contributed by atoms with E-state index in [4.69, 9.17) is 4.74 Å². The van der Waals surface area contributed by atoms with Crippen molar-refractivity contribution in [2.45, 2.75) is 102 Å². The van der Waals surface area contributed by atoms with Gasteiger partial charge in [0, 0.05) is 6.61 Å². The topological polar surface area (TPSA) is 9.23 Å². The quantitative estimate of drug-likeness (QED) is 0.588. The smallest absolute Gasteiger partial charge is 0.0604 e. The minimum Gasteiger partial charge on any atom is -0.378 e. The summed E-state index contributed by atoms with van der Waals surface area (Å²) in [6.07, 6.45) is 23.2. The maximum Gasteiger partial charge on any atom is 0.0604 e. The van der Waals surface area contributed by atoms with Gasteiger partial charge in [0.2, 0.25) is 0 Å². The van der Waals surface area contributed by atoms with Crippen molar-refractivity contribution in [1.82, 2.24) is 0 Å². The van der Waals surface area contributed by atoms with E-state index in [1.165, 1.54) is 57.8 Å². The van der Waals surface area contributed by atoms with E-state index < -0.39 is 0 Å². The molecule has 0 aromatic carbocycles. The first-order valence-corrected chi connectivity index (χ1v) is 11.0. The van der Waals surface area contributed by atoms with Crippen molar-refractivity contribution in [1.29, 1.82) is 0 Å². The fourth-order valence-electron chi connectivity index (χ4n) is 6.66. The van der Waals surface area contributed by atoms with Crippen LogP contribution in [0.25, 0.3) is 0 Å². The van der Waals surface area contributed by atoms with Crippen molar-refractivity contribution in [2.24, 2.45) is 29.6 Å². The lowest BCUT2D eigenvalue weighted by Crippen LogP contribution is -2.31. The predicted molar refractivity (Wildman–Crippen MR) is 96.4 cm³/mol. The lowest BCUT2D eigenvalue weighted by atomic mass is 9.65. The van der Waals surface area contributed by atoms with Crippen LogP contribution in [-0.4, -0.2) is 12.7 Å². The third kappa shape index (κ3) is 3.97. The summed E-state index contributed by atoms with van der Waals surface area (Å²) in [5.74, 6) is 5.28. The third-order valence-electron chi connectivity index (χ3n) is 8.11. The Morgan fingerprint density at radius 1 is 0.391 bits per heavy atom. The summed E-state index contributed by atoms with van der Waals surface area (Å²) < 4.78 is 5.95. The van der Waals surface area contributed by atoms with Gasteiger partial charge in [0.25, 0.3) is 0 Å². The molecule has 4 fully saturated rings. The molecule has 4 rings (SSSR count). The van der Waals surface area contributed by atoms with Crippen molar-refractivity contribution in [3.8, 4) is 0 Å². The van der Waals surface area contributed by atoms with Gasteiger partial charge in [0.1, 0.15) is 0 Å². The summed E-state index contributed by atoms with van der Waals surface area (Å²) in [5, 5.41) is 0. The summed E-state index contributed by atoms with van der Waals surface area (Å²) in [6.45, 7) is 1.04. The van der Waals surface area contributed by atoms with Crippen LogP contribution < -0.4 is 0 Å². The molecule has 1 heterocycles. The molecule has 4 aliphatic rings. The van der Waals surface area contributed by atoms with Gasteiger partial charge in [-0.25, -0.2) is 0 Å². The first-order chi connectivity index (χ1) is 11.4. The molecular weight excluding hydrogens is 280 g/mol. The van der Waals surface area contributed by atoms with Gasteiger partial charge >= 0.3 is 0 Å². The molecule has 0 N–H and O–H groups in total. The average molecular weight is 319 g/mol. The number of ether oxygens (including phenoxy) is 1. The molecule has 1 atom stereocenters. The molecule has 3 saturated carbocycles. The molecule has 132 valence electrons. The van der Waals surface area contributed by atoms with E-state index >= 15 is 0 Å². The maximum atomic E-state index is 5.95. The monoisotopic (exact) mass is 318 g/mol. The minimum absolute atomic E-state index is 0.637. The van der Waals surface area contributed by atoms with Crippen LogP contribution in [0.2, 0.25) is 0 Å². The molecular formula is C22H38O. The van der Waals surface area contributed by atoms with Gasteiger partial charge in [-0.05, 0) is 93.8 Å². The molecule has 1 aliphatic heterocycles. The molecule has 0 aromatic heterocycles. The first kappa shape index (κ1) is 16.4. The molecule has 0 radical (unpaired) electrons. The fraction of sp³-hybridized carbons (Fsp3) is 1.00. The maximum absolute atomic E-state index is 5.95. The van der Waals surface area contributed by atoms with Crippen molar-refractivity contribution in [3.05, 3.63) is 0 Å². The van der Waals surface area contributed by atoms with Gasteiger partial charge in [-0.3, -0.25) is 0 Å². The Bertz CT molecular complexity index is 337. The van der Waals surface area contributed by atoms with Crippen LogP contribution in [-0.2, 0) is 4.74 Å².